The van der Waals surface area contributed by atoms with Crippen LogP contribution in [0.15, 0.2) is 68.4 Å². The van der Waals surface area contributed by atoms with Crippen LogP contribution in [0.4, 0.5) is 19.8 Å². The summed E-state index contributed by atoms with van der Waals surface area (Å²) >= 11 is 9.75. The third-order valence-electron chi connectivity index (χ3n) is 12.4. The summed E-state index contributed by atoms with van der Waals surface area (Å²) in [5, 5.41) is 21.8. The van der Waals surface area contributed by atoms with E-state index in [-0.39, 0.29) is 9.79 Å². The molecule has 20 nitrogen and oxygen atoms in total. The number of hydrogen-bond donors (Lipinski definition) is 6. The minimum Gasteiger partial charge on any atom is -0.495 e. The first-order valence-corrected chi connectivity index (χ1v) is 36.9. The largest absolute Gasteiger partial charge is 0.495 e. The fourth-order valence-electron chi connectivity index (χ4n) is 8.07. The standard InChI is InChI=1S/C21H28N4O3S3.C19H23FN4O2S3.C15H25N5O2S3/c1-14-8-9-18(28-4)19(12-14)31(26,27)23-11-7-5-6-10-22-21-25-17(13-29-21)20-15(2)30-16(3)24-20;1-13-18(23-14(2)28-13)17-12-27-19(24-17)21-10-4-3-5-11-22-29(25,26)16-8-6-15(20)7-9-16;1-11-14(18-12(2)24-11)13-10-23-15(19-13)16-8-6-5-7-9-17-25(21,22)20(3)4/h8-9,12-13,23H,5-7,10-11H2,1-4H3,(H,22,25);6-9,12,22H,3-5,10-11H2,1-2H3,(H,21,24);10,17H,5-9H2,1-4H3,(H,16,19). The van der Waals surface area contributed by atoms with Gasteiger partial charge in [0.05, 0.1) is 27.0 Å². The maximum Gasteiger partial charge on any atom is 0.278 e. The van der Waals surface area contributed by atoms with Crippen molar-refractivity contribution in [1.82, 2.24) is 48.4 Å². The number of nitrogens with zero attached hydrogens (tertiary/aromatic N) is 7. The number of anilines is 3. The highest BCUT2D eigenvalue weighted by Crippen LogP contribution is 2.33. The summed E-state index contributed by atoms with van der Waals surface area (Å²) in [6.45, 7) is 17.6. The van der Waals surface area contributed by atoms with Gasteiger partial charge in [-0.05, 0) is 129 Å². The number of halogens is 1. The summed E-state index contributed by atoms with van der Waals surface area (Å²) in [6.07, 6.45) is 7.83. The Hall–Kier alpha value is -4.96. The van der Waals surface area contributed by atoms with Gasteiger partial charge in [-0.1, -0.05) is 25.3 Å². The molecule has 0 aliphatic rings. The van der Waals surface area contributed by atoms with Gasteiger partial charge in [-0.15, -0.1) is 68.0 Å². The monoisotopic (exact) mass is 1340 g/mol. The molecule has 6 N–H and O–H groups in total. The lowest BCUT2D eigenvalue weighted by atomic mass is 10.2. The van der Waals surface area contributed by atoms with Crippen LogP contribution in [0.1, 0.15) is 93.0 Å². The Kier molecular flexibility index (Phi) is 27.2. The van der Waals surface area contributed by atoms with Crippen molar-refractivity contribution in [1.29, 1.82) is 0 Å². The van der Waals surface area contributed by atoms with E-state index < -0.39 is 36.1 Å². The van der Waals surface area contributed by atoms with E-state index in [1.165, 1.54) is 52.3 Å². The topological polar surface area (TPSA) is 264 Å². The van der Waals surface area contributed by atoms with Gasteiger partial charge in [0.1, 0.15) is 50.6 Å². The SMILES string of the molecule is COc1ccc(C)cc1S(=O)(=O)NCCCCCNc1nc(-c2nc(C)sc2C)cs1.Cc1nc(-c2csc(NCCCCCNS(=O)(=O)N(C)C)n2)c(C)s1.Cc1nc(-c2csc(NCCCCCNS(=O)(=O)c3ccc(F)cc3)n2)c(C)s1. The molecule has 0 fully saturated rings. The van der Waals surface area contributed by atoms with Crippen LogP contribution < -0.4 is 34.9 Å². The van der Waals surface area contributed by atoms with Crippen molar-refractivity contribution < 1.29 is 34.4 Å². The first kappa shape index (κ1) is 69.1. The van der Waals surface area contributed by atoms with Crippen LogP contribution in [-0.2, 0) is 30.3 Å². The van der Waals surface area contributed by atoms with E-state index in [1.54, 1.807) is 80.2 Å². The second-order valence-corrected chi connectivity index (χ2v) is 31.8. The minimum absolute atomic E-state index is 0.0747. The molecule has 0 unspecified atom stereocenters. The molecule has 0 bridgehead atoms. The molecule has 8 rings (SSSR count). The van der Waals surface area contributed by atoms with E-state index in [0.717, 1.165) is 160 Å². The molecule has 0 radical (unpaired) electrons. The molecule has 2 aromatic carbocycles. The normalized spacial score (nSPS) is 11.8. The third-order valence-corrected chi connectivity index (χ3v) is 22.0. The first-order valence-electron chi connectivity index (χ1n) is 27.4. The number of sulfonamides is 2. The molecule has 464 valence electrons. The van der Waals surface area contributed by atoms with Crippen molar-refractivity contribution in [3.63, 3.8) is 0 Å². The fraction of sp³-hybridized carbons (Fsp3) is 0.455. The average molecular weight is 1340 g/mol. The zero-order valence-corrected chi connectivity index (χ0v) is 56.8. The number of methoxy groups -OCH3 is 1. The van der Waals surface area contributed by atoms with Gasteiger partial charge in [0.15, 0.2) is 15.4 Å². The highest BCUT2D eigenvalue weighted by molar-refractivity contribution is 7.90. The molecule has 0 saturated carbocycles. The number of nitrogens with one attached hydrogen (secondary N) is 6. The van der Waals surface area contributed by atoms with Crippen LogP contribution in [0.5, 0.6) is 5.75 Å². The zero-order valence-electron chi connectivity index (χ0n) is 49.4. The van der Waals surface area contributed by atoms with Gasteiger partial charge in [0.2, 0.25) is 20.0 Å². The maximum absolute atomic E-state index is 12.9. The summed E-state index contributed by atoms with van der Waals surface area (Å²) in [5.41, 5.74) is 6.49. The number of thiazole rings is 6. The maximum atomic E-state index is 12.9. The summed E-state index contributed by atoms with van der Waals surface area (Å²) in [4.78, 5) is 31.2. The molecule has 0 amide bonds. The lowest BCUT2D eigenvalue weighted by Crippen LogP contribution is -2.36. The number of ether oxygens (including phenoxy) is 1. The Balaban J connectivity index is 0.000000205. The molecule has 0 aliphatic carbocycles. The van der Waals surface area contributed by atoms with E-state index in [9.17, 15) is 29.6 Å². The fourth-order valence-corrected chi connectivity index (χ4v) is 15.8. The Morgan fingerprint density at radius 2 is 0.859 bits per heavy atom. The van der Waals surface area contributed by atoms with Crippen LogP contribution in [0.3, 0.4) is 0 Å². The van der Waals surface area contributed by atoms with Crippen molar-refractivity contribution in [3.8, 4) is 39.9 Å². The highest BCUT2D eigenvalue weighted by Gasteiger charge is 2.20. The second kappa shape index (κ2) is 33.4. The Labute approximate surface area is 524 Å². The minimum atomic E-state index is -3.59. The van der Waals surface area contributed by atoms with E-state index in [2.05, 4.69) is 80.8 Å². The molecule has 6 aromatic heterocycles. The first-order chi connectivity index (χ1) is 40.4. The smallest absolute Gasteiger partial charge is 0.278 e. The second-order valence-electron chi connectivity index (χ2n) is 19.6. The van der Waals surface area contributed by atoms with Gasteiger partial charge in [-0.3, -0.25) is 0 Å². The number of rotatable bonds is 31. The summed E-state index contributed by atoms with van der Waals surface area (Å²) < 4.78 is 99.5. The molecule has 6 heterocycles. The van der Waals surface area contributed by atoms with Crippen molar-refractivity contribution in [3.05, 3.63) is 99.6 Å². The van der Waals surface area contributed by atoms with Crippen molar-refractivity contribution >= 4 is 114 Å². The van der Waals surface area contributed by atoms with Gasteiger partial charge in [0, 0.05) is 84.1 Å². The lowest BCUT2D eigenvalue weighted by Gasteiger charge is -2.12. The van der Waals surface area contributed by atoms with Crippen LogP contribution >= 0.6 is 68.0 Å². The van der Waals surface area contributed by atoms with Gasteiger partial charge in [-0.25, -0.2) is 65.3 Å². The van der Waals surface area contributed by atoms with E-state index in [0.29, 0.717) is 25.4 Å². The molecule has 0 atom stereocenters. The van der Waals surface area contributed by atoms with Crippen LogP contribution in [0.25, 0.3) is 34.2 Å². The summed E-state index contributed by atoms with van der Waals surface area (Å²) in [7, 11) is -5.97. The zero-order chi connectivity index (χ0) is 61.7. The number of benzene rings is 2. The van der Waals surface area contributed by atoms with Crippen LogP contribution in [0.2, 0.25) is 0 Å². The third kappa shape index (κ3) is 22.0. The summed E-state index contributed by atoms with van der Waals surface area (Å²) in [5.74, 6) is -0.103. The number of aromatic nitrogens is 6. The van der Waals surface area contributed by atoms with E-state index >= 15 is 0 Å². The predicted octanol–water partition coefficient (Wildman–Crippen LogP) is 12.2. The Bertz CT molecular complexity index is 3710. The van der Waals surface area contributed by atoms with E-state index in [4.69, 9.17) is 4.74 Å². The van der Waals surface area contributed by atoms with Crippen molar-refractivity contribution in [2.45, 2.75) is 116 Å². The Morgan fingerprint density at radius 3 is 1.22 bits per heavy atom. The molecule has 0 spiro atoms. The average Bonchev–Trinajstić information content (AvgIpc) is 4.22. The molecule has 0 aliphatic heterocycles. The number of unbranched alkanes of at least 4 members (excludes halogenated alkanes) is 6. The van der Waals surface area contributed by atoms with Crippen molar-refractivity contribution in [2.75, 3.05) is 76.4 Å². The predicted molar refractivity (Wildman–Crippen MR) is 350 cm³/mol. The molecular formula is C55H76FN13O7S9. The molecule has 30 heteroatoms. The van der Waals surface area contributed by atoms with E-state index in [1.807, 2.05) is 49.9 Å². The molecule has 85 heavy (non-hydrogen) atoms. The molecule has 0 saturated heterocycles. The van der Waals surface area contributed by atoms with Gasteiger partial charge >= 0.3 is 0 Å². The number of hydrogen-bond acceptors (Lipinski definition) is 22. The number of aryl methyl sites for hydroxylation is 7. The molecular weight excluding hydrogens is 1260 g/mol. The van der Waals surface area contributed by atoms with Crippen LogP contribution in [0, 0.1) is 54.3 Å². The van der Waals surface area contributed by atoms with Gasteiger partial charge < -0.3 is 20.7 Å². The van der Waals surface area contributed by atoms with Gasteiger partial charge in [0.25, 0.3) is 10.2 Å². The van der Waals surface area contributed by atoms with Gasteiger partial charge in [-0.2, -0.15) is 12.7 Å². The van der Waals surface area contributed by atoms with Crippen LogP contribution in [-0.4, -0.2) is 120 Å². The summed E-state index contributed by atoms with van der Waals surface area (Å²) in [6, 6.07) is 9.94. The Morgan fingerprint density at radius 1 is 0.482 bits per heavy atom. The molecule has 8 aromatic rings. The quantitative estimate of drug-likeness (QED) is 0.0221. The van der Waals surface area contributed by atoms with Crippen molar-refractivity contribution in [2.24, 2.45) is 0 Å². The lowest BCUT2D eigenvalue weighted by molar-refractivity contribution is 0.402. The highest BCUT2D eigenvalue weighted by atomic mass is 32.2.